The Kier molecular flexibility index (Phi) is 13.2. The summed E-state index contributed by atoms with van der Waals surface area (Å²) >= 11 is 0. The van der Waals surface area contributed by atoms with Crippen molar-refractivity contribution < 1.29 is 45.8 Å². The molecule has 0 amide bonds. The number of alkyl halides is 6. The molecule has 0 saturated carbocycles. The first-order chi connectivity index (χ1) is 31.0. The Morgan fingerprint density at radius 1 is 0.600 bits per heavy atom. The van der Waals surface area contributed by atoms with Gasteiger partial charge in [0.25, 0.3) is 0 Å². The molecule has 0 aliphatic carbocycles. The fourth-order valence-electron chi connectivity index (χ4n) is 7.17. The van der Waals surface area contributed by atoms with E-state index in [1.54, 1.807) is 84.9 Å². The number of methoxy groups -OCH3 is 1. The molecule has 18 heteroatoms. The standard InChI is InChI=1S/C24H21F3N4O2.C23H19F3N4O2/c1-15-11-17(3-4-19(15)23(32)33-2)21-13-30-22-20(29-10-7-24(25,26)27)12-18(14-31(21)22)16-5-8-28-9-6-16;1-14-10-16(2-3-18(14)22(31)32)20-12-29-21-19(28-9-6-23(24,25)26)11-17(13-30(20)21)15-4-7-27-8-5-15/h3-6,8-9,11-14,29H,7,10H2,1-2H3;2-5,7-8,10-13,28H,6,9H2,1H3,(H,31,32). The number of hydrogen-bond donors (Lipinski definition) is 3. The molecule has 0 fully saturated rings. The zero-order valence-corrected chi connectivity index (χ0v) is 35.0. The number of nitrogens with one attached hydrogen (secondary N) is 2. The van der Waals surface area contributed by atoms with Crippen LogP contribution < -0.4 is 10.6 Å². The fraction of sp³-hybridized carbons (Fsp3) is 0.191. The minimum Gasteiger partial charge on any atom is -0.478 e. The molecule has 0 radical (unpaired) electrons. The van der Waals surface area contributed by atoms with Gasteiger partial charge in [0.15, 0.2) is 11.3 Å². The van der Waals surface area contributed by atoms with Crippen molar-refractivity contribution in [2.24, 2.45) is 0 Å². The summed E-state index contributed by atoms with van der Waals surface area (Å²) in [6, 6.07) is 21.1. The average molecular weight is 895 g/mol. The number of aromatic nitrogens is 6. The topological polar surface area (TPSA) is 148 Å². The number of halogens is 6. The lowest BCUT2D eigenvalue weighted by Crippen LogP contribution is -2.15. The quantitative estimate of drug-likeness (QED) is 0.0799. The molecular formula is C47H40F6N8O4. The smallest absolute Gasteiger partial charge is 0.390 e. The van der Waals surface area contributed by atoms with Crippen molar-refractivity contribution in [1.29, 1.82) is 0 Å². The molecule has 65 heavy (non-hydrogen) atoms. The first-order valence-electron chi connectivity index (χ1n) is 20.0. The van der Waals surface area contributed by atoms with Crippen molar-refractivity contribution in [3.63, 3.8) is 0 Å². The van der Waals surface area contributed by atoms with Gasteiger partial charge in [-0.2, -0.15) is 26.3 Å². The molecule has 334 valence electrons. The largest absolute Gasteiger partial charge is 0.478 e. The van der Waals surface area contributed by atoms with Crippen LogP contribution in [-0.4, -0.2) is 78.3 Å². The number of carbonyl (C=O) groups is 2. The van der Waals surface area contributed by atoms with Crippen molar-refractivity contribution in [3.05, 3.63) is 145 Å². The third-order valence-corrected chi connectivity index (χ3v) is 10.4. The first kappa shape index (κ1) is 45.3. The number of esters is 1. The molecule has 0 spiro atoms. The number of anilines is 2. The number of carbonyl (C=O) groups excluding carboxylic acids is 1. The molecular weight excluding hydrogens is 855 g/mol. The minimum absolute atomic E-state index is 0.203. The number of carboxylic acids is 1. The second-order valence-electron chi connectivity index (χ2n) is 14.9. The van der Waals surface area contributed by atoms with Crippen LogP contribution in [0.4, 0.5) is 37.7 Å². The van der Waals surface area contributed by atoms with Gasteiger partial charge in [-0.25, -0.2) is 19.6 Å². The number of nitrogens with zero attached hydrogens (tertiary/aromatic N) is 6. The summed E-state index contributed by atoms with van der Waals surface area (Å²) in [5.41, 5.74) is 10.2. The van der Waals surface area contributed by atoms with Gasteiger partial charge in [-0.3, -0.25) is 18.8 Å². The Bertz CT molecular complexity index is 2990. The van der Waals surface area contributed by atoms with Crippen molar-refractivity contribution in [3.8, 4) is 44.8 Å². The lowest BCUT2D eigenvalue weighted by Gasteiger charge is -2.13. The predicted molar refractivity (Wildman–Crippen MR) is 234 cm³/mol. The summed E-state index contributed by atoms with van der Waals surface area (Å²) in [7, 11) is 1.33. The zero-order chi connectivity index (χ0) is 46.5. The van der Waals surface area contributed by atoms with Crippen LogP contribution in [0.5, 0.6) is 0 Å². The summed E-state index contributed by atoms with van der Waals surface area (Å²) in [5, 5.41) is 15.0. The number of imidazole rings is 2. The van der Waals surface area contributed by atoms with Crippen LogP contribution in [0.15, 0.2) is 122 Å². The average Bonchev–Trinajstić information content (AvgIpc) is 3.91. The minimum atomic E-state index is -4.27. The molecule has 3 N–H and O–H groups in total. The third-order valence-electron chi connectivity index (χ3n) is 10.4. The molecule has 8 rings (SSSR count). The molecule has 0 aliphatic rings. The van der Waals surface area contributed by atoms with Gasteiger partial charge in [0.1, 0.15) is 0 Å². The molecule has 0 unspecified atom stereocenters. The normalized spacial score (nSPS) is 11.6. The second kappa shape index (κ2) is 18.9. The van der Waals surface area contributed by atoms with Crippen LogP contribution >= 0.6 is 0 Å². The third kappa shape index (κ3) is 10.7. The number of aryl methyl sites for hydroxylation is 2. The highest BCUT2D eigenvalue weighted by molar-refractivity contribution is 5.92. The highest BCUT2D eigenvalue weighted by atomic mass is 19.4. The second-order valence-corrected chi connectivity index (χ2v) is 14.9. The van der Waals surface area contributed by atoms with Crippen molar-refractivity contribution in [1.82, 2.24) is 28.7 Å². The Morgan fingerprint density at radius 2 is 1.02 bits per heavy atom. The molecule has 0 bridgehead atoms. The van der Waals surface area contributed by atoms with E-state index in [9.17, 15) is 41.0 Å². The van der Waals surface area contributed by atoms with Gasteiger partial charge in [0.05, 0.1) is 66.2 Å². The van der Waals surface area contributed by atoms with E-state index in [4.69, 9.17) is 4.74 Å². The van der Waals surface area contributed by atoms with Crippen LogP contribution in [0.25, 0.3) is 56.1 Å². The van der Waals surface area contributed by atoms with Gasteiger partial charge in [0, 0.05) is 72.5 Å². The summed E-state index contributed by atoms with van der Waals surface area (Å²) in [4.78, 5) is 40.2. The molecule has 0 aliphatic heterocycles. The monoisotopic (exact) mass is 894 g/mol. The molecule has 6 heterocycles. The number of hydrogen-bond acceptors (Lipinski definition) is 9. The van der Waals surface area contributed by atoms with E-state index in [-0.39, 0.29) is 18.7 Å². The highest BCUT2D eigenvalue weighted by Gasteiger charge is 2.27. The number of rotatable bonds is 12. The maximum Gasteiger partial charge on any atom is 0.390 e. The first-order valence-corrected chi connectivity index (χ1v) is 20.0. The molecule has 8 aromatic rings. The molecule has 6 aromatic heterocycles. The molecule has 12 nitrogen and oxygen atoms in total. The summed E-state index contributed by atoms with van der Waals surface area (Å²) < 4.78 is 84.5. The van der Waals surface area contributed by atoms with Crippen LogP contribution in [0, 0.1) is 13.8 Å². The Balaban J connectivity index is 0.000000194. The molecule has 0 saturated heterocycles. The van der Waals surface area contributed by atoms with Crippen LogP contribution in [-0.2, 0) is 4.74 Å². The highest BCUT2D eigenvalue weighted by Crippen LogP contribution is 2.34. The summed E-state index contributed by atoms with van der Waals surface area (Å²) in [6.07, 6.45) is 3.14. The predicted octanol–water partition coefficient (Wildman–Crippen LogP) is 11.0. The maximum absolute atomic E-state index is 12.7. The van der Waals surface area contributed by atoms with Crippen molar-refractivity contribution >= 4 is 34.6 Å². The van der Waals surface area contributed by atoms with E-state index >= 15 is 0 Å². The summed E-state index contributed by atoms with van der Waals surface area (Å²) in [5.74, 6) is -1.43. The molecule has 0 atom stereocenters. The lowest BCUT2D eigenvalue weighted by molar-refractivity contribution is -0.132. The van der Waals surface area contributed by atoms with E-state index in [1.807, 2.05) is 54.0 Å². The van der Waals surface area contributed by atoms with Crippen molar-refractivity contribution in [2.45, 2.75) is 39.0 Å². The fourth-order valence-corrected chi connectivity index (χ4v) is 7.17. The van der Waals surface area contributed by atoms with E-state index in [0.29, 0.717) is 39.5 Å². The number of pyridine rings is 4. The van der Waals surface area contributed by atoms with Gasteiger partial charge >= 0.3 is 24.3 Å². The number of aromatic carboxylic acids is 1. The van der Waals surface area contributed by atoms with Crippen LogP contribution in [0.2, 0.25) is 0 Å². The summed E-state index contributed by atoms with van der Waals surface area (Å²) in [6.45, 7) is 2.97. The van der Waals surface area contributed by atoms with Crippen LogP contribution in [0.1, 0.15) is 44.7 Å². The number of fused-ring (bicyclic) bond motifs is 2. The van der Waals surface area contributed by atoms with E-state index < -0.39 is 37.1 Å². The SMILES string of the molecule is COC(=O)c1ccc(-c2cnc3c(NCCC(F)(F)F)cc(-c4ccncc4)cn23)cc1C.Cc1cc(-c2cnc3c(NCCC(F)(F)F)cc(-c4ccncc4)cn23)ccc1C(=O)O. The Labute approximate surface area is 367 Å². The number of benzene rings is 2. The number of carboxylic acid groups (broad SMARTS) is 1. The van der Waals surface area contributed by atoms with E-state index in [0.717, 1.165) is 44.6 Å². The lowest BCUT2D eigenvalue weighted by atomic mass is 10.0. The Morgan fingerprint density at radius 3 is 1.38 bits per heavy atom. The van der Waals surface area contributed by atoms with Gasteiger partial charge in [-0.1, -0.05) is 12.1 Å². The van der Waals surface area contributed by atoms with Gasteiger partial charge in [-0.15, -0.1) is 0 Å². The maximum atomic E-state index is 12.7. The Hall–Kier alpha value is -7.76. The molecule has 2 aromatic carbocycles. The van der Waals surface area contributed by atoms with Gasteiger partial charge in [-0.05, 0) is 96.8 Å². The van der Waals surface area contributed by atoms with E-state index in [1.165, 1.54) is 13.2 Å². The van der Waals surface area contributed by atoms with Gasteiger partial charge in [0.2, 0.25) is 0 Å². The zero-order valence-electron chi connectivity index (χ0n) is 35.0. The number of ether oxygens (including phenoxy) is 1. The van der Waals surface area contributed by atoms with Crippen molar-refractivity contribution in [2.75, 3.05) is 30.8 Å². The van der Waals surface area contributed by atoms with Crippen LogP contribution in [0.3, 0.4) is 0 Å². The van der Waals surface area contributed by atoms with Gasteiger partial charge < -0.3 is 20.5 Å². The van der Waals surface area contributed by atoms with E-state index in [2.05, 4.69) is 30.6 Å².